The molecule has 0 unspecified atom stereocenters. The van der Waals surface area contributed by atoms with Gasteiger partial charge in [-0.05, 0) is 51.4 Å². The van der Waals surface area contributed by atoms with E-state index in [0.29, 0.717) is 34.6 Å². The molecule has 212 valence electrons. The smallest absolute Gasteiger partial charge is 0.272 e. The number of aromatic amines is 1. The minimum absolute atomic E-state index is 0.0307. The summed E-state index contributed by atoms with van der Waals surface area (Å²) in [5, 5.41) is 4.51. The largest absolute Gasteiger partial charge is 0.338 e. The zero-order valence-corrected chi connectivity index (χ0v) is 24.7. The molecule has 4 aromatic rings. The fourth-order valence-corrected chi connectivity index (χ4v) is 4.63. The van der Waals surface area contributed by atoms with Gasteiger partial charge in [-0.2, -0.15) is 5.10 Å². The number of carbonyl (C=O) groups excluding carboxylic acids is 2. The molecule has 1 aliphatic rings. The Bertz CT molecular complexity index is 1550. The van der Waals surface area contributed by atoms with Crippen molar-refractivity contribution >= 4 is 29.4 Å². The van der Waals surface area contributed by atoms with Crippen molar-refractivity contribution in [2.45, 2.75) is 52.5 Å². The summed E-state index contributed by atoms with van der Waals surface area (Å²) >= 11 is 5.74. The minimum Gasteiger partial charge on any atom is -0.338 e. The molecule has 0 atom stereocenters. The molecule has 0 bridgehead atoms. The van der Waals surface area contributed by atoms with Crippen LogP contribution in [0.2, 0.25) is 5.02 Å². The number of nitrogens with zero attached hydrogens (tertiary/aromatic N) is 6. The first-order valence-corrected chi connectivity index (χ1v) is 13.4. The fourth-order valence-electron chi connectivity index (χ4n) is 4.51. The van der Waals surface area contributed by atoms with Crippen molar-refractivity contribution in [1.82, 2.24) is 34.4 Å². The van der Waals surface area contributed by atoms with Crippen molar-refractivity contribution in [2.24, 2.45) is 0 Å². The van der Waals surface area contributed by atoms with E-state index in [2.05, 4.69) is 45.8 Å². The first kappa shape index (κ1) is 29.4. The molecule has 0 saturated carbocycles. The second-order valence-corrected chi connectivity index (χ2v) is 12.1. The van der Waals surface area contributed by atoms with E-state index in [1.165, 1.54) is 12.1 Å². The zero-order chi connectivity index (χ0) is 29.4. The van der Waals surface area contributed by atoms with Gasteiger partial charge in [0.05, 0.1) is 23.1 Å². The molecular formula is C29H35ClFN7O2. The number of hydrogen-bond acceptors (Lipinski definition) is 6. The highest BCUT2D eigenvalue weighted by molar-refractivity contribution is 6.30. The minimum atomic E-state index is -0.498. The van der Waals surface area contributed by atoms with Crippen molar-refractivity contribution < 1.29 is 14.0 Å². The Labute approximate surface area is 238 Å². The van der Waals surface area contributed by atoms with Crippen molar-refractivity contribution in [3.8, 4) is 11.3 Å². The molecule has 5 rings (SSSR count). The molecule has 1 aliphatic heterocycles. The summed E-state index contributed by atoms with van der Waals surface area (Å²) in [7, 11) is 2.10. The van der Waals surface area contributed by atoms with Crippen molar-refractivity contribution in [2.75, 3.05) is 26.7 Å². The molecule has 4 heterocycles. The first-order chi connectivity index (χ1) is 18.7. The molecule has 3 aromatic heterocycles. The lowest BCUT2D eigenvalue weighted by atomic mass is 9.87. The van der Waals surface area contributed by atoms with Gasteiger partial charge in [0.2, 0.25) is 0 Å². The summed E-state index contributed by atoms with van der Waals surface area (Å²) in [6, 6.07) is 6.43. The number of hydrogen-bond donors (Lipinski definition) is 1. The average Bonchev–Trinajstić information content (AvgIpc) is 3.52. The first-order valence-electron chi connectivity index (χ1n) is 13.0. The fraction of sp³-hybridized carbons (Fsp3) is 0.414. The van der Waals surface area contributed by atoms with Gasteiger partial charge in [-0.15, -0.1) is 0 Å². The van der Waals surface area contributed by atoms with Crippen LogP contribution in [0.25, 0.3) is 16.9 Å². The van der Waals surface area contributed by atoms with Gasteiger partial charge in [-0.25, -0.2) is 18.9 Å². The number of fused-ring (bicyclic) bond motifs is 1. The number of carbonyl (C=O) groups is 2. The molecule has 1 saturated heterocycles. The van der Waals surface area contributed by atoms with Gasteiger partial charge in [-0.3, -0.25) is 14.5 Å². The number of rotatable bonds is 3. The van der Waals surface area contributed by atoms with Crippen LogP contribution in [0.1, 0.15) is 67.0 Å². The number of likely N-dealkylation sites (N-methyl/N-ethyl adjacent to an activating group) is 1. The van der Waals surface area contributed by atoms with E-state index in [1.807, 2.05) is 38.7 Å². The summed E-state index contributed by atoms with van der Waals surface area (Å²) in [6.07, 6.45) is 3.86. The second-order valence-electron chi connectivity index (χ2n) is 11.7. The molecule has 1 N–H and O–H groups in total. The lowest BCUT2D eigenvalue weighted by Gasteiger charge is -2.45. The highest BCUT2D eigenvalue weighted by atomic mass is 35.5. The van der Waals surface area contributed by atoms with Gasteiger partial charge in [-0.1, -0.05) is 38.4 Å². The van der Waals surface area contributed by atoms with E-state index >= 15 is 0 Å². The summed E-state index contributed by atoms with van der Waals surface area (Å²) < 4.78 is 15.3. The quantitative estimate of drug-likeness (QED) is 0.342. The van der Waals surface area contributed by atoms with Crippen molar-refractivity contribution in [1.29, 1.82) is 0 Å². The van der Waals surface area contributed by atoms with Crippen LogP contribution < -0.4 is 0 Å². The Balaban J connectivity index is 0.000000194. The summed E-state index contributed by atoms with van der Waals surface area (Å²) in [6.45, 7) is 14.7. The number of H-pyrrole nitrogens is 1. The van der Waals surface area contributed by atoms with E-state index in [4.69, 9.17) is 11.6 Å². The standard InChI is InChI=1S/C17H15ClFN3O.C12H20N4O/c1-17(2,3)12-7-15(10-4-5-13(18)14(19)6-10)21-22-8-11(9-23)20-16(12)22;1-9-13-7-10(14-9)11(17)16-6-5-15(4)12(2,3)8-16/h4-9H,1-3H3;7H,5-6,8H2,1-4H3,(H,13,14). The van der Waals surface area contributed by atoms with Crippen LogP contribution in [0.4, 0.5) is 4.39 Å². The van der Waals surface area contributed by atoms with Crippen LogP contribution in [-0.2, 0) is 5.41 Å². The van der Waals surface area contributed by atoms with Gasteiger partial charge in [0.1, 0.15) is 23.0 Å². The van der Waals surface area contributed by atoms with Crippen LogP contribution in [0.5, 0.6) is 0 Å². The number of imidazole rings is 2. The number of halogens is 2. The summed E-state index contributed by atoms with van der Waals surface area (Å²) in [5.41, 5.74) is 3.46. The van der Waals surface area contributed by atoms with Gasteiger partial charge in [0.15, 0.2) is 11.9 Å². The van der Waals surface area contributed by atoms with Crippen LogP contribution in [0.3, 0.4) is 0 Å². The topological polar surface area (TPSA) is 99.5 Å². The maximum atomic E-state index is 13.7. The molecule has 0 aliphatic carbocycles. The molecule has 0 spiro atoms. The molecule has 40 heavy (non-hydrogen) atoms. The predicted octanol–water partition coefficient (Wildman–Crippen LogP) is 5.18. The lowest BCUT2D eigenvalue weighted by molar-refractivity contribution is 0.0307. The normalized spacial score (nSPS) is 15.6. The summed E-state index contributed by atoms with van der Waals surface area (Å²) in [4.78, 5) is 38.8. The van der Waals surface area contributed by atoms with Gasteiger partial charge >= 0.3 is 0 Å². The molecule has 11 heteroatoms. The number of benzene rings is 1. The van der Waals surface area contributed by atoms with Crippen LogP contribution in [0, 0.1) is 12.7 Å². The SMILES string of the molecule is CC(C)(C)c1cc(-c2ccc(Cl)c(F)c2)nn2cc(C=O)nc12.Cc1ncc(C(=O)N2CCN(C)C(C)(C)C2)[nH]1. The van der Waals surface area contributed by atoms with Crippen molar-refractivity contribution in [3.05, 3.63) is 70.3 Å². The van der Waals surface area contributed by atoms with Crippen LogP contribution in [-0.4, -0.2) is 78.8 Å². The van der Waals surface area contributed by atoms with E-state index in [9.17, 15) is 14.0 Å². The molecule has 1 fully saturated rings. The van der Waals surface area contributed by atoms with Gasteiger partial charge < -0.3 is 9.88 Å². The Morgan fingerprint density at radius 2 is 1.93 bits per heavy atom. The van der Waals surface area contributed by atoms with E-state index < -0.39 is 5.82 Å². The molecule has 0 radical (unpaired) electrons. The van der Waals surface area contributed by atoms with Gasteiger partial charge in [0, 0.05) is 36.3 Å². The Morgan fingerprint density at radius 3 is 2.50 bits per heavy atom. The highest BCUT2D eigenvalue weighted by Gasteiger charge is 2.34. The molecule has 9 nitrogen and oxygen atoms in total. The molecule has 1 amide bonds. The van der Waals surface area contributed by atoms with E-state index in [1.54, 1.807) is 23.0 Å². The Hall–Kier alpha value is -3.63. The molecule has 1 aromatic carbocycles. The second kappa shape index (κ2) is 11.1. The third kappa shape index (κ3) is 6.23. The van der Waals surface area contributed by atoms with E-state index in [0.717, 1.165) is 31.0 Å². The zero-order valence-electron chi connectivity index (χ0n) is 23.9. The maximum absolute atomic E-state index is 13.7. The maximum Gasteiger partial charge on any atom is 0.272 e. The monoisotopic (exact) mass is 567 g/mol. The number of piperazine rings is 1. The van der Waals surface area contributed by atoms with Gasteiger partial charge in [0.25, 0.3) is 5.91 Å². The number of nitrogens with one attached hydrogen (secondary N) is 1. The highest BCUT2D eigenvalue weighted by Crippen LogP contribution is 2.30. The Morgan fingerprint density at radius 1 is 1.20 bits per heavy atom. The van der Waals surface area contributed by atoms with E-state index in [-0.39, 0.29) is 21.9 Å². The third-order valence-corrected chi connectivity index (χ3v) is 7.43. The summed E-state index contributed by atoms with van der Waals surface area (Å²) in [5.74, 6) is 0.330. The third-order valence-electron chi connectivity index (χ3n) is 7.13. The van der Waals surface area contributed by atoms with Crippen molar-refractivity contribution in [3.63, 3.8) is 0 Å². The Kier molecular flexibility index (Phi) is 8.14. The number of amides is 1. The lowest BCUT2D eigenvalue weighted by Crippen LogP contribution is -2.58. The molecular weight excluding hydrogens is 533 g/mol. The average molecular weight is 568 g/mol. The number of aldehydes is 1. The number of aryl methyl sites for hydroxylation is 1. The number of aromatic nitrogens is 5. The van der Waals surface area contributed by atoms with Crippen LogP contribution in [0.15, 0.2) is 36.7 Å². The predicted molar refractivity (Wildman–Crippen MR) is 153 cm³/mol. The van der Waals surface area contributed by atoms with Crippen LogP contribution >= 0.6 is 11.6 Å².